The maximum atomic E-state index is 12.3. The van der Waals surface area contributed by atoms with Crippen molar-refractivity contribution in [2.75, 3.05) is 32.5 Å². The van der Waals surface area contributed by atoms with Gasteiger partial charge in [-0.05, 0) is 29.5 Å². The average Bonchev–Trinajstić information content (AvgIpc) is 2.73. The van der Waals surface area contributed by atoms with Crippen LogP contribution in [0, 0.1) is 0 Å². The molecule has 1 aliphatic rings. The lowest BCUT2D eigenvalue weighted by Crippen LogP contribution is -2.49. The number of ether oxygens (including phenoxy) is 2. The predicted molar refractivity (Wildman–Crippen MR) is 108 cm³/mol. The minimum Gasteiger partial charge on any atom is -0.445 e. The molecule has 2 aromatic rings. The van der Waals surface area contributed by atoms with Gasteiger partial charge in [-0.15, -0.1) is 11.8 Å². The van der Waals surface area contributed by atoms with Gasteiger partial charge in [0.1, 0.15) is 6.61 Å². The molecule has 0 spiro atoms. The normalized spacial score (nSPS) is 16.9. The van der Waals surface area contributed by atoms with Crippen LogP contribution in [0.4, 0.5) is 4.79 Å². The number of benzene rings is 2. The molecule has 1 atom stereocenters. The van der Waals surface area contributed by atoms with Crippen molar-refractivity contribution in [3.63, 3.8) is 0 Å². The van der Waals surface area contributed by atoms with Crippen molar-refractivity contribution in [1.82, 2.24) is 10.2 Å². The molecule has 1 aliphatic heterocycles. The van der Waals surface area contributed by atoms with E-state index in [1.54, 1.807) is 16.7 Å². The van der Waals surface area contributed by atoms with E-state index in [4.69, 9.17) is 9.47 Å². The molecule has 0 saturated carbocycles. The van der Waals surface area contributed by atoms with Crippen molar-refractivity contribution in [3.8, 4) is 0 Å². The Kier molecular flexibility index (Phi) is 7.56. The number of morpholine rings is 1. The highest BCUT2D eigenvalue weighted by Gasteiger charge is 2.25. The van der Waals surface area contributed by atoms with Crippen molar-refractivity contribution in [3.05, 3.63) is 65.7 Å². The molecule has 27 heavy (non-hydrogen) atoms. The number of hydrogen-bond acceptors (Lipinski definition) is 5. The van der Waals surface area contributed by atoms with Gasteiger partial charge in [-0.25, -0.2) is 4.79 Å². The third-order valence-electron chi connectivity index (χ3n) is 4.46. The largest absolute Gasteiger partial charge is 0.445 e. The Labute approximate surface area is 165 Å². The van der Waals surface area contributed by atoms with Crippen LogP contribution in [0.5, 0.6) is 0 Å². The van der Waals surface area contributed by atoms with Crippen molar-refractivity contribution < 1.29 is 14.3 Å². The summed E-state index contributed by atoms with van der Waals surface area (Å²) >= 11 is 1.74. The highest BCUT2D eigenvalue weighted by molar-refractivity contribution is 7.98. The summed E-state index contributed by atoms with van der Waals surface area (Å²) in [5.74, 6) is 0. The van der Waals surface area contributed by atoms with E-state index in [0.717, 1.165) is 12.1 Å². The third-order valence-corrected chi connectivity index (χ3v) is 5.21. The molecule has 1 fully saturated rings. The Morgan fingerprint density at radius 3 is 2.70 bits per heavy atom. The van der Waals surface area contributed by atoms with Gasteiger partial charge in [0.2, 0.25) is 0 Å². The molecular formula is C21H26N2O3S. The van der Waals surface area contributed by atoms with E-state index < -0.39 is 0 Å². The van der Waals surface area contributed by atoms with Crippen molar-refractivity contribution in [2.24, 2.45) is 0 Å². The summed E-state index contributed by atoms with van der Waals surface area (Å²) in [6.45, 7) is 3.44. The second kappa shape index (κ2) is 10.3. The molecule has 2 aromatic carbocycles. The Balaban J connectivity index is 1.39. The van der Waals surface area contributed by atoms with Crippen LogP contribution in [0.3, 0.4) is 0 Å². The van der Waals surface area contributed by atoms with E-state index in [1.807, 2.05) is 30.3 Å². The average molecular weight is 387 g/mol. The van der Waals surface area contributed by atoms with E-state index >= 15 is 0 Å². The summed E-state index contributed by atoms with van der Waals surface area (Å²) in [6.07, 6.45) is 1.78. The number of carbonyl (C=O) groups is 1. The van der Waals surface area contributed by atoms with Gasteiger partial charge in [0, 0.05) is 24.5 Å². The first-order valence-corrected chi connectivity index (χ1v) is 10.4. The number of amides is 1. The first kappa shape index (κ1) is 19.7. The molecule has 0 bridgehead atoms. The molecule has 0 aromatic heterocycles. The smallest absolute Gasteiger partial charge is 0.410 e. The van der Waals surface area contributed by atoms with Crippen LogP contribution >= 0.6 is 11.8 Å². The molecule has 5 nitrogen and oxygen atoms in total. The Bertz CT molecular complexity index is 709. The van der Waals surface area contributed by atoms with Gasteiger partial charge in [-0.3, -0.25) is 0 Å². The number of hydrogen-bond donors (Lipinski definition) is 1. The van der Waals surface area contributed by atoms with E-state index in [-0.39, 0.29) is 12.2 Å². The van der Waals surface area contributed by atoms with Gasteiger partial charge < -0.3 is 19.7 Å². The first-order chi connectivity index (χ1) is 13.2. The molecule has 0 radical (unpaired) electrons. The second-order valence-electron chi connectivity index (χ2n) is 6.46. The standard InChI is InChI=1S/C21H26N2O3S/c1-27-20-9-7-17(8-10-20)13-22-14-19-15-23(11-12-25-19)21(24)26-16-18-5-3-2-4-6-18/h2-10,19,22H,11-16H2,1H3. The van der Waals surface area contributed by atoms with Gasteiger partial charge >= 0.3 is 6.09 Å². The lowest BCUT2D eigenvalue weighted by atomic mass is 10.2. The van der Waals surface area contributed by atoms with Crippen LogP contribution in [0.2, 0.25) is 0 Å². The minimum absolute atomic E-state index is 0.0199. The Morgan fingerprint density at radius 1 is 1.19 bits per heavy atom. The Hall–Kier alpha value is -2.02. The fraction of sp³-hybridized carbons (Fsp3) is 0.381. The maximum Gasteiger partial charge on any atom is 0.410 e. The highest BCUT2D eigenvalue weighted by atomic mass is 32.2. The number of rotatable bonds is 7. The minimum atomic E-state index is -0.278. The number of nitrogens with one attached hydrogen (secondary N) is 1. The Morgan fingerprint density at radius 2 is 1.96 bits per heavy atom. The van der Waals surface area contributed by atoms with E-state index in [2.05, 4.69) is 35.8 Å². The molecule has 3 rings (SSSR count). The predicted octanol–water partition coefficient (Wildman–Crippen LogP) is 3.54. The summed E-state index contributed by atoms with van der Waals surface area (Å²) in [6, 6.07) is 18.2. The lowest BCUT2D eigenvalue weighted by molar-refractivity contribution is -0.0271. The zero-order valence-electron chi connectivity index (χ0n) is 15.6. The van der Waals surface area contributed by atoms with Crippen molar-refractivity contribution in [1.29, 1.82) is 0 Å². The molecular weight excluding hydrogens is 360 g/mol. The molecule has 0 aliphatic carbocycles. The molecule has 1 amide bonds. The number of nitrogens with zero attached hydrogens (tertiary/aromatic N) is 1. The van der Waals surface area contributed by atoms with Crippen molar-refractivity contribution >= 4 is 17.9 Å². The van der Waals surface area contributed by atoms with Crippen LogP contribution in [0.1, 0.15) is 11.1 Å². The summed E-state index contributed by atoms with van der Waals surface area (Å²) in [7, 11) is 0. The summed E-state index contributed by atoms with van der Waals surface area (Å²) in [5, 5.41) is 3.42. The topological polar surface area (TPSA) is 50.8 Å². The highest BCUT2D eigenvalue weighted by Crippen LogP contribution is 2.15. The molecule has 6 heteroatoms. The van der Waals surface area contributed by atoms with Crippen LogP contribution < -0.4 is 5.32 Å². The van der Waals surface area contributed by atoms with Gasteiger partial charge in [0.05, 0.1) is 19.3 Å². The van der Waals surface area contributed by atoms with Crippen LogP contribution in [-0.2, 0) is 22.6 Å². The van der Waals surface area contributed by atoms with Gasteiger partial charge in [-0.1, -0.05) is 42.5 Å². The summed E-state index contributed by atoms with van der Waals surface area (Å²) in [4.78, 5) is 15.3. The molecule has 144 valence electrons. The van der Waals surface area contributed by atoms with Gasteiger partial charge in [-0.2, -0.15) is 0 Å². The molecule has 1 heterocycles. The van der Waals surface area contributed by atoms with Crippen LogP contribution in [0.15, 0.2) is 59.5 Å². The monoisotopic (exact) mass is 386 g/mol. The summed E-state index contributed by atoms with van der Waals surface area (Å²) < 4.78 is 11.2. The van der Waals surface area contributed by atoms with E-state index in [0.29, 0.717) is 32.8 Å². The SMILES string of the molecule is CSc1ccc(CNCC2CN(C(=O)OCc3ccccc3)CCO2)cc1. The zero-order valence-corrected chi connectivity index (χ0v) is 16.4. The fourth-order valence-electron chi connectivity index (χ4n) is 2.94. The molecule has 1 unspecified atom stereocenters. The second-order valence-corrected chi connectivity index (χ2v) is 7.34. The van der Waals surface area contributed by atoms with Gasteiger partial charge in [0.25, 0.3) is 0 Å². The number of carbonyl (C=O) groups excluding carboxylic acids is 1. The van der Waals surface area contributed by atoms with Crippen LogP contribution in [0.25, 0.3) is 0 Å². The van der Waals surface area contributed by atoms with E-state index in [1.165, 1.54) is 10.5 Å². The zero-order chi connectivity index (χ0) is 18.9. The van der Waals surface area contributed by atoms with E-state index in [9.17, 15) is 4.79 Å². The lowest BCUT2D eigenvalue weighted by Gasteiger charge is -2.32. The quantitative estimate of drug-likeness (QED) is 0.738. The number of thioether (sulfide) groups is 1. The van der Waals surface area contributed by atoms with Gasteiger partial charge in [0.15, 0.2) is 0 Å². The van der Waals surface area contributed by atoms with Crippen LogP contribution in [-0.4, -0.2) is 49.6 Å². The molecule has 1 N–H and O–H groups in total. The third kappa shape index (κ3) is 6.27. The van der Waals surface area contributed by atoms with Crippen molar-refractivity contribution in [2.45, 2.75) is 24.2 Å². The first-order valence-electron chi connectivity index (χ1n) is 9.15. The summed E-state index contributed by atoms with van der Waals surface area (Å²) in [5.41, 5.74) is 2.23. The fourth-order valence-corrected chi connectivity index (χ4v) is 3.35. The maximum absolute atomic E-state index is 12.3. The molecule has 1 saturated heterocycles.